The lowest BCUT2D eigenvalue weighted by Crippen LogP contribution is -2.51. The number of phenols is 7. The van der Waals surface area contributed by atoms with Gasteiger partial charge in [-0.2, -0.15) is 0 Å². The van der Waals surface area contributed by atoms with Crippen molar-refractivity contribution in [3.63, 3.8) is 0 Å². The van der Waals surface area contributed by atoms with Crippen molar-refractivity contribution in [1.29, 1.82) is 0 Å². The molecule has 8 fully saturated rings. The normalized spacial score (nSPS) is 27.6. The summed E-state index contributed by atoms with van der Waals surface area (Å²) in [6.45, 7) is 0. The van der Waals surface area contributed by atoms with E-state index in [-0.39, 0.29) is 109 Å². The summed E-state index contributed by atoms with van der Waals surface area (Å²) in [6.07, 6.45) is 1.28. The lowest BCUT2D eigenvalue weighted by atomic mass is 9.82. The summed E-state index contributed by atoms with van der Waals surface area (Å²) >= 11 is 0. The van der Waals surface area contributed by atoms with E-state index < -0.39 is 155 Å². The molecule has 6 aromatic rings. The van der Waals surface area contributed by atoms with Crippen molar-refractivity contribution in [2.24, 2.45) is 0 Å². The van der Waals surface area contributed by atoms with Gasteiger partial charge in [-0.1, -0.05) is 48.5 Å². The van der Waals surface area contributed by atoms with Crippen molar-refractivity contribution in [3.8, 4) is 57.5 Å². The molecule has 4 aliphatic heterocycles. The molecule has 6 aromatic carbocycles. The van der Waals surface area contributed by atoms with Crippen molar-refractivity contribution >= 4 is 96.1 Å². The first-order valence-electron chi connectivity index (χ1n) is 37.1. The number of hydrogen-bond acceptors (Lipinski definition) is 36. The van der Waals surface area contributed by atoms with Crippen molar-refractivity contribution < 1.29 is 176 Å². The third-order valence-electron chi connectivity index (χ3n) is 20.3. The van der Waals surface area contributed by atoms with Crippen molar-refractivity contribution in [1.82, 2.24) is 0 Å². The van der Waals surface area contributed by atoms with Gasteiger partial charge in [-0.25, -0.2) is 47.9 Å². The van der Waals surface area contributed by atoms with Crippen LogP contribution in [0.25, 0.3) is 36.5 Å². The first-order chi connectivity index (χ1) is 57.4. The van der Waals surface area contributed by atoms with Crippen LogP contribution in [0.4, 0.5) is 0 Å². The summed E-state index contributed by atoms with van der Waals surface area (Å²) in [7, 11) is 4.16. The van der Waals surface area contributed by atoms with Crippen LogP contribution in [-0.2, 0) is 95.3 Å². The lowest BCUT2D eigenvalue weighted by Gasteiger charge is -2.35. The maximum absolute atomic E-state index is 12.6. The first-order valence-corrected chi connectivity index (χ1v) is 37.1. The molecule has 0 aromatic heterocycles. The zero-order valence-electron chi connectivity index (χ0n) is 64.3. The maximum atomic E-state index is 12.6. The molecule has 0 spiro atoms. The highest BCUT2D eigenvalue weighted by atomic mass is 16.7. The van der Waals surface area contributed by atoms with E-state index >= 15 is 0 Å². The lowest BCUT2D eigenvalue weighted by molar-refractivity contribution is -0.178. The number of aliphatic hydroxyl groups is 6. The smallest absolute Gasteiger partial charge is 0.338 e. The third-order valence-corrected chi connectivity index (χ3v) is 20.3. The summed E-state index contributed by atoms with van der Waals surface area (Å²) in [5, 5.41) is 128. The molecule has 4 heterocycles. The van der Waals surface area contributed by atoms with Gasteiger partial charge in [0.1, 0.15) is 60.3 Å². The Balaban J connectivity index is 0.000000162. The summed E-state index contributed by atoms with van der Waals surface area (Å²) in [6, 6.07) is 29.7. The van der Waals surface area contributed by atoms with Gasteiger partial charge in [0.2, 0.25) is 0 Å². The van der Waals surface area contributed by atoms with Crippen molar-refractivity contribution in [2.75, 3.05) is 21.3 Å². The topological polar surface area (TPSA) is 554 Å². The molecule has 36 heteroatoms. The van der Waals surface area contributed by atoms with Gasteiger partial charge in [0, 0.05) is 87.8 Å². The highest BCUT2D eigenvalue weighted by Gasteiger charge is 2.63. The van der Waals surface area contributed by atoms with E-state index in [0.29, 0.717) is 33.4 Å². The number of esters is 10. The largest absolute Gasteiger partial charge is 0.508 e. The van der Waals surface area contributed by atoms with E-state index in [9.17, 15) is 114 Å². The molecule has 16 atom stereocenters. The Labute approximate surface area is 686 Å². The van der Waals surface area contributed by atoms with Crippen LogP contribution < -0.4 is 14.2 Å². The minimum atomic E-state index is -1.87. The maximum Gasteiger partial charge on any atom is 0.338 e. The molecule has 4 saturated heterocycles. The second-order valence-electron chi connectivity index (χ2n) is 28.9. The third kappa shape index (κ3) is 21.8. The van der Waals surface area contributed by atoms with Crippen LogP contribution in [0.2, 0.25) is 0 Å². The second-order valence-corrected chi connectivity index (χ2v) is 28.9. The monoisotopic (exact) mass is 1680 g/mol. The van der Waals surface area contributed by atoms with Gasteiger partial charge in [-0.15, -0.1) is 0 Å². The molecular formula is C85H82O36. The Morgan fingerprint density at radius 1 is 0.314 bits per heavy atom. The molecule has 121 heavy (non-hydrogen) atoms. The predicted molar refractivity (Wildman–Crippen MR) is 412 cm³/mol. The Kier molecular flexibility index (Phi) is 27.2. The van der Waals surface area contributed by atoms with Crippen LogP contribution in [0, 0.1) is 0 Å². The zero-order chi connectivity index (χ0) is 87.4. The number of aromatic hydroxyl groups is 7. The highest BCUT2D eigenvalue weighted by Crippen LogP contribution is 2.45. The zero-order valence-corrected chi connectivity index (χ0v) is 64.3. The van der Waals surface area contributed by atoms with Gasteiger partial charge in [0.25, 0.3) is 0 Å². The number of carbonyl (C=O) groups is 10. The average Bonchev–Trinajstić information content (AvgIpc) is 1.62. The Morgan fingerprint density at radius 2 is 0.579 bits per heavy atom. The van der Waals surface area contributed by atoms with Crippen LogP contribution in [-0.4, -0.2) is 243 Å². The van der Waals surface area contributed by atoms with Crippen LogP contribution in [0.3, 0.4) is 0 Å². The van der Waals surface area contributed by atoms with Crippen molar-refractivity contribution in [2.45, 2.75) is 147 Å². The van der Waals surface area contributed by atoms with Crippen LogP contribution in [0.5, 0.6) is 57.5 Å². The quantitative estimate of drug-likeness (QED) is 0.0208. The fourth-order valence-electron chi connectivity index (χ4n) is 14.1. The van der Waals surface area contributed by atoms with Gasteiger partial charge in [-0.05, 0) is 143 Å². The first kappa shape index (κ1) is 88.0. The number of phenolic OH excluding ortho intramolecular Hbond substituents is 7. The number of fused-ring (bicyclic) bond motifs is 8. The van der Waals surface area contributed by atoms with E-state index in [0.717, 1.165) is 24.3 Å². The molecule has 0 amide bonds. The number of aliphatic hydroxyl groups excluding tert-OH is 2. The predicted octanol–water partition coefficient (Wildman–Crippen LogP) is 4.18. The Bertz CT molecular complexity index is 5100. The molecule has 13 N–H and O–H groups in total. The van der Waals surface area contributed by atoms with E-state index in [1.165, 1.54) is 149 Å². The number of rotatable bonds is 21. The minimum Gasteiger partial charge on any atom is -0.508 e. The second kappa shape index (κ2) is 37.4. The van der Waals surface area contributed by atoms with Crippen LogP contribution in [0.1, 0.15) is 84.7 Å². The van der Waals surface area contributed by atoms with Gasteiger partial charge >= 0.3 is 59.7 Å². The number of ether oxygens (including phenoxy) is 13. The number of methoxy groups -OCH3 is 3. The number of carbonyl (C=O) groups excluding carboxylic acids is 10. The summed E-state index contributed by atoms with van der Waals surface area (Å²) < 4.78 is 67.5. The van der Waals surface area contributed by atoms with E-state index in [2.05, 4.69) is 0 Å². The van der Waals surface area contributed by atoms with Gasteiger partial charge in [0.15, 0.2) is 86.7 Å². The highest BCUT2D eigenvalue weighted by molar-refractivity contribution is 5.92. The molecule has 14 rings (SSSR count). The fourth-order valence-corrected chi connectivity index (χ4v) is 14.1. The molecule has 4 saturated carbocycles. The molecule has 8 bridgehead atoms. The SMILES string of the molecule is COc1cc(/C=C/C(=O)OC2C[C@]3(O)CC(OC3=O)[C@@H]2OC(=O)/C=C/c2ccc(O)c(OC)c2)ccc1O.COc1cc(/C=C/C(=O)O[C@@H]2C(OC(=O)/C=C/c3ccc(O)c(O)c3)C[C@]3(O)CC2OC3=O)ccc1O.O=C(/C=C/c1ccc(O)cc1)OC1C[C@]2(O)CC(OC2=O)[C@@H]1O.O=C(/C=C/c1ccc(O)cc1)O[C@@H]1C(O)C[C@]2(O)CC1OC2=O. The summed E-state index contributed by atoms with van der Waals surface area (Å²) in [5.74, 6) is -8.06. The van der Waals surface area contributed by atoms with Crippen LogP contribution in [0.15, 0.2) is 158 Å². The molecule has 4 aliphatic carbocycles. The summed E-state index contributed by atoms with van der Waals surface area (Å²) in [5.41, 5.74) is -3.74. The number of benzene rings is 6. The standard InChI is InChI=1S/C27H26O11.C26H24O11.2C16H16O7/c1-34-19-11-15(3-7-17(19)28)5-9-23(30)36-21-13-27(33)14-22(37-26(27)32)25(21)38-24(31)10-6-16-4-8-18(29)20(12-16)35-2;1-34-19-11-15(3-7-17(19)28)5-9-23(31)37-24-20(12-26(33)13-21(24)36-25(26)32)35-22(30)8-4-14-2-6-16(27)18(29)10-14;17-10-4-1-9(2-5-10)3-6-13(18)22-11-7-16(21)8-12(14(11)19)23-15(16)20;17-10-4-1-9(2-5-10)3-6-13(19)23-14-11(18)7-16(21)8-12(14)22-15(16)20/h3-12,21-22,25,28-29,33H,13-14H2,1-2H3;2-11,20-21,24,27-29,33H,12-13H2,1H3;1-6,11-12,14,17,19,21H,7-8H2;1-6,11-12,14,17-18,21H,7-8H2/b9-5+,10-6+;8-4+,9-5+;2*6-3+/t21?,22?,25-,27+;20?,21?,24-,26+;2*11?,12?,14-,16+/m1111/s1. The van der Waals surface area contributed by atoms with Gasteiger partial charge in [-0.3, -0.25) is 0 Å². The van der Waals surface area contributed by atoms with E-state index in [4.69, 9.17) is 61.6 Å². The molecule has 0 radical (unpaired) electrons. The summed E-state index contributed by atoms with van der Waals surface area (Å²) in [4.78, 5) is 121. The van der Waals surface area contributed by atoms with E-state index in [1.54, 1.807) is 42.5 Å². The van der Waals surface area contributed by atoms with E-state index in [1.807, 2.05) is 0 Å². The molecular weight excluding hydrogens is 1600 g/mol. The van der Waals surface area contributed by atoms with Crippen LogP contribution >= 0.6 is 0 Å². The minimum absolute atomic E-state index is 0.00250. The van der Waals surface area contributed by atoms with Crippen molar-refractivity contribution in [3.05, 3.63) is 191 Å². The molecule has 638 valence electrons. The fraction of sp³-hybridized carbons (Fsp3) is 0.318. The number of hydrogen-bond donors (Lipinski definition) is 13. The van der Waals surface area contributed by atoms with Gasteiger partial charge in [0.05, 0.1) is 27.4 Å². The van der Waals surface area contributed by atoms with Gasteiger partial charge < -0.3 is 128 Å². The molecule has 36 nitrogen and oxygen atoms in total. The average molecular weight is 1680 g/mol. The Hall–Kier alpha value is -13.8. The molecule has 8 unspecified atom stereocenters. The Morgan fingerprint density at radius 3 is 0.926 bits per heavy atom. The molecule has 8 aliphatic rings.